The van der Waals surface area contributed by atoms with E-state index in [1.54, 1.807) is 0 Å². The third-order valence-corrected chi connectivity index (χ3v) is 3.48. The molecule has 0 radical (unpaired) electrons. The molecule has 1 aromatic carbocycles. The van der Waals surface area contributed by atoms with Gasteiger partial charge in [0, 0.05) is 6.07 Å². The van der Waals surface area contributed by atoms with Gasteiger partial charge in [-0.15, -0.1) is 0 Å². The second-order valence-corrected chi connectivity index (χ2v) is 4.94. The van der Waals surface area contributed by atoms with E-state index in [4.69, 9.17) is 4.52 Å². The van der Waals surface area contributed by atoms with Crippen LogP contribution in [-0.2, 0) is 0 Å². The molecular formula is C14H15F2N3O. The number of aromatic nitrogens is 2. The highest BCUT2D eigenvalue weighted by Gasteiger charge is 2.21. The van der Waals surface area contributed by atoms with E-state index in [0.29, 0.717) is 5.82 Å². The molecule has 1 saturated heterocycles. The zero-order valence-electron chi connectivity index (χ0n) is 10.9. The first-order valence-electron chi connectivity index (χ1n) is 6.76. The second kappa shape index (κ2) is 5.66. The fourth-order valence-electron chi connectivity index (χ4n) is 2.40. The van der Waals surface area contributed by atoms with Gasteiger partial charge in [-0.2, -0.15) is 4.98 Å². The molecule has 20 heavy (non-hydrogen) atoms. The van der Waals surface area contributed by atoms with E-state index in [1.165, 1.54) is 18.6 Å². The van der Waals surface area contributed by atoms with Gasteiger partial charge in [-0.1, -0.05) is 18.0 Å². The van der Waals surface area contributed by atoms with Crippen molar-refractivity contribution >= 4 is 0 Å². The summed E-state index contributed by atoms with van der Waals surface area (Å²) in [5, 5.41) is 7.26. The number of hydrogen-bond donors (Lipinski definition) is 1. The smallest absolute Gasteiger partial charge is 0.260 e. The van der Waals surface area contributed by atoms with Gasteiger partial charge in [-0.25, -0.2) is 8.78 Å². The average molecular weight is 279 g/mol. The molecule has 2 aromatic rings. The van der Waals surface area contributed by atoms with Crippen LogP contribution in [0.3, 0.4) is 0 Å². The van der Waals surface area contributed by atoms with Gasteiger partial charge in [0.2, 0.25) is 0 Å². The van der Waals surface area contributed by atoms with Gasteiger partial charge in [0.25, 0.3) is 5.89 Å². The normalized spacial score (nSPS) is 19.8. The van der Waals surface area contributed by atoms with E-state index >= 15 is 0 Å². The summed E-state index contributed by atoms with van der Waals surface area (Å²) >= 11 is 0. The van der Waals surface area contributed by atoms with Crippen molar-refractivity contribution in [3.63, 3.8) is 0 Å². The van der Waals surface area contributed by atoms with E-state index in [-0.39, 0.29) is 17.5 Å². The second-order valence-electron chi connectivity index (χ2n) is 4.94. The van der Waals surface area contributed by atoms with Crippen LogP contribution in [-0.4, -0.2) is 16.7 Å². The van der Waals surface area contributed by atoms with E-state index in [1.807, 2.05) is 0 Å². The lowest BCUT2D eigenvalue weighted by Gasteiger charge is -2.09. The molecule has 4 nitrogen and oxygen atoms in total. The van der Waals surface area contributed by atoms with Gasteiger partial charge in [0.05, 0.1) is 11.6 Å². The fourth-order valence-corrected chi connectivity index (χ4v) is 2.40. The largest absolute Gasteiger partial charge is 0.334 e. The van der Waals surface area contributed by atoms with Crippen LogP contribution in [0.15, 0.2) is 22.7 Å². The first-order valence-corrected chi connectivity index (χ1v) is 6.76. The molecule has 1 atom stereocenters. The summed E-state index contributed by atoms with van der Waals surface area (Å²) in [5.74, 6) is -0.709. The molecule has 3 rings (SSSR count). The molecule has 0 amide bonds. The number of nitrogens with zero attached hydrogens (tertiary/aromatic N) is 2. The van der Waals surface area contributed by atoms with Crippen LogP contribution < -0.4 is 5.32 Å². The maximum atomic E-state index is 13.7. The van der Waals surface area contributed by atoms with Gasteiger partial charge in [-0.3, -0.25) is 0 Å². The Bertz CT molecular complexity index is 592. The van der Waals surface area contributed by atoms with Crippen molar-refractivity contribution in [1.29, 1.82) is 0 Å². The van der Waals surface area contributed by atoms with Crippen molar-refractivity contribution in [3.05, 3.63) is 35.7 Å². The van der Waals surface area contributed by atoms with Gasteiger partial charge in [-0.05, 0) is 31.5 Å². The van der Waals surface area contributed by atoms with Gasteiger partial charge in [0.15, 0.2) is 5.82 Å². The number of nitrogens with one attached hydrogen (secondary N) is 1. The van der Waals surface area contributed by atoms with Crippen LogP contribution in [0.5, 0.6) is 0 Å². The van der Waals surface area contributed by atoms with Crippen molar-refractivity contribution in [2.45, 2.75) is 31.7 Å². The molecule has 0 aliphatic carbocycles. The summed E-state index contributed by atoms with van der Waals surface area (Å²) in [5.41, 5.74) is 0.124. The molecule has 6 heteroatoms. The zero-order chi connectivity index (χ0) is 13.9. The van der Waals surface area contributed by atoms with Crippen LogP contribution in [0.1, 0.15) is 37.5 Å². The highest BCUT2D eigenvalue weighted by Crippen LogP contribution is 2.25. The maximum Gasteiger partial charge on any atom is 0.260 e. The van der Waals surface area contributed by atoms with Gasteiger partial charge < -0.3 is 9.84 Å². The summed E-state index contributed by atoms with van der Waals surface area (Å²) in [6, 6.07) is 3.33. The minimum atomic E-state index is -0.700. The highest BCUT2D eigenvalue weighted by molar-refractivity contribution is 5.53. The average Bonchev–Trinajstić information content (AvgIpc) is 2.74. The van der Waals surface area contributed by atoms with Gasteiger partial charge in [0.1, 0.15) is 11.6 Å². The van der Waals surface area contributed by atoms with Crippen LogP contribution in [0, 0.1) is 11.6 Å². The standard InChI is InChI=1S/C14H15F2N3O/c15-9-5-6-10(11(16)8-9)14-18-13(19-20-14)12-4-2-1-3-7-17-12/h5-6,8,12,17H,1-4,7H2. The molecule has 1 fully saturated rings. The molecule has 1 aromatic heterocycles. The lowest BCUT2D eigenvalue weighted by Crippen LogP contribution is -2.21. The van der Waals surface area contributed by atoms with Crippen molar-refractivity contribution in [3.8, 4) is 11.5 Å². The summed E-state index contributed by atoms with van der Waals surface area (Å²) < 4.78 is 31.7. The molecule has 1 unspecified atom stereocenters. The quantitative estimate of drug-likeness (QED) is 0.917. The number of hydrogen-bond acceptors (Lipinski definition) is 4. The monoisotopic (exact) mass is 279 g/mol. The van der Waals surface area contributed by atoms with E-state index < -0.39 is 11.6 Å². The number of halogens is 2. The van der Waals surface area contributed by atoms with Crippen molar-refractivity contribution in [2.24, 2.45) is 0 Å². The molecule has 1 aliphatic rings. The predicted molar refractivity (Wildman–Crippen MR) is 68.9 cm³/mol. The van der Waals surface area contributed by atoms with Crippen molar-refractivity contribution in [2.75, 3.05) is 6.54 Å². The summed E-state index contributed by atoms with van der Waals surface area (Å²) in [6.07, 6.45) is 4.35. The predicted octanol–water partition coefficient (Wildman–Crippen LogP) is 3.22. The van der Waals surface area contributed by atoms with E-state index in [2.05, 4.69) is 15.5 Å². The third kappa shape index (κ3) is 2.70. The third-order valence-electron chi connectivity index (χ3n) is 3.48. The molecule has 0 bridgehead atoms. The van der Waals surface area contributed by atoms with Crippen LogP contribution in [0.2, 0.25) is 0 Å². The SMILES string of the molecule is Fc1ccc(-c2nc(C3CCCCCN3)no2)c(F)c1. The minimum Gasteiger partial charge on any atom is -0.334 e. The Hall–Kier alpha value is -1.82. The van der Waals surface area contributed by atoms with Crippen molar-refractivity contribution < 1.29 is 13.3 Å². The summed E-state index contributed by atoms with van der Waals surface area (Å²) in [4.78, 5) is 4.23. The highest BCUT2D eigenvalue weighted by atomic mass is 19.1. The van der Waals surface area contributed by atoms with Crippen molar-refractivity contribution in [1.82, 2.24) is 15.5 Å². The number of rotatable bonds is 2. The Kier molecular flexibility index (Phi) is 3.73. The molecule has 106 valence electrons. The van der Waals surface area contributed by atoms with Crippen LogP contribution in [0.4, 0.5) is 8.78 Å². The van der Waals surface area contributed by atoms with Crippen LogP contribution >= 0.6 is 0 Å². The molecule has 0 saturated carbocycles. The summed E-state index contributed by atoms with van der Waals surface area (Å²) in [6.45, 7) is 0.916. The Morgan fingerprint density at radius 1 is 1.20 bits per heavy atom. The minimum absolute atomic E-state index is 0.0403. The van der Waals surface area contributed by atoms with E-state index in [9.17, 15) is 8.78 Å². The lowest BCUT2D eigenvalue weighted by molar-refractivity contribution is 0.401. The molecule has 1 aliphatic heterocycles. The summed E-state index contributed by atoms with van der Waals surface area (Å²) in [7, 11) is 0. The Balaban J connectivity index is 1.85. The van der Waals surface area contributed by atoms with E-state index in [0.717, 1.165) is 31.9 Å². The Morgan fingerprint density at radius 3 is 2.95 bits per heavy atom. The fraction of sp³-hybridized carbons (Fsp3) is 0.429. The lowest BCUT2D eigenvalue weighted by atomic mass is 10.1. The zero-order valence-corrected chi connectivity index (χ0v) is 10.9. The first kappa shape index (κ1) is 13.2. The number of benzene rings is 1. The molecular weight excluding hydrogens is 264 g/mol. The van der Waals surface area contributed by atoms with Crippen LogP contribution in [0.25, 0.3) is 11.5 Å². The first-order chi connectivity index (χ1) is 9.74. The van der Waals surface area contributed by atoms with Gasteiger partial charge >= 0.3 is 0 Å². The molecule has 1 N–H and O–H groups in total. The maximum absolute atomic E-state index is 13.7. The topological polar surface area (TPSA) is 51.0 Å². The molecule has 2 heterocycles. The Morgan fingerprint density at radius 2 is 2.10 bits per heavy atom. The Labute approximate surface area is 115 Å². The molecule has 0 spiro atoms.